The number of benzene rings is 2. The molecular formula is C18H21NO4. The quantitative estimate of drug-likeness (QED) is 0.852. The van der Waals surface area contributed by atoms with Gasteiger partial charge in [0, 0.05) is 6.07 Å². The maximum Gasteiger partial charge on any atom is 0.262 e. The lowest BCUT2D eigenvalue weighted by Gasteiger charge is -2.13. The first-order valence-corrected chi connectivity index (χ1v) is 7.40. The van der Waals surface area contributed by atoms with Crippen LogP contribution in [0.5, 0.6) is 17.2 Å². The second-order valence-corrected chi connectivity index (χ2v) is 4.86. The fourth-order valence-electron chi connectivity index (χ4n) is 2.18. The number of ether oxygens (including phenoxy) is 3. The average Bonchev–Trinajstić information content (AvgIpc) is 2.60. The molecule has 0 fully saturated rings. The molecule has 23 heavy (non-hydrogen) atoms. The number of para-hydroxylation sites is 1. The largest absolute Gasteiger partial charge is 0.497 e. The van der Waals surface area contributed by atoms with E-state index in [0.717, 1.165) is 17.7 Å². The van der Waals surface area contributed by atoms with Crippen molar-refractivity contribution >= 4 is 11.6 Å². The Morgan fingerprint density at radius 3 is 2.52 bits per heavy atom. The van der Waals surface area contributed by atoms with Crippen molar-refractivity contribution in [2.45, 2.75) is 13.3 Å². The van der Waals surface area contributed by atoms with Crippen LogP contribution < -0.4 is 19.5 Å². The molecule has 5 heteroatoms. The summed E-state index contributed by atoms with van der Waals surface area (Å²) in [5.74, 6) is 1.66. The highest BCUT2D eigenvalue weighted by Gasteiger charge is 2.10. The van der Waals surface area contributed by atoms with E-state index in [1.165, 1.54) is 0 Å². The summed E-state index contributed by atoms with van der Waals surface area (Å²) < 4.78 is 16.0. The number of hydrogen-bond donors (Lipinski definition) is 1. The number of hydrogen-bond acceptors (Lipinski definition) is 4. The normalized spacial score (nSPS) is 10.0. The van der Waals surface area contributed by atoms with Crippen molar-refractivity contribution in [2.75, 3.05) is 26.1 Å². The molecule has 1 amide bonds. The van der Waals surface area contributed by atoms with E-state index in [2.05, 4.69) is 5.32 Å². The molecule has 0 atom stereocenters. The van der Waals surface area contributed by atoms with E-state index in [0.29, 0.717) is 17.2 Å². The van der Waals surface area contributed by atoms with Gasteiger partial charge in [-0.15, -0.1) is 0 Å². The van der Waals surface area contributed by atoms with Crippen LogP contribution in [0.4, 0.5) is 5.69 Å². The monoisotopic (exact) mass is 315 g/mol. The van der Waals surface area contributed by atoms with Crippen molar-refractivity contribution in [3.63, 3.8) is 0 Å². The molecule has 2 aromatic carbocycles. The SMILES string of the molecule is CCc1ccccc1OCC(=O)Nc1cc(OC)ccc1OC. The number of carbonyl (C=O) groups is 1. The van der Waals surface area contributed by atoms with Gasteiger partial charge < -0.3 is 19.5 Å². The average molecular weight is 315 g/mol. The number of aryl methyl sites for hydroxylation is 1. The first-order valence-electron chi connectivity index (χ1n) is 7.40. The molecule has 0 saturated heterocycles. The molecule has 0 spiro atoms. The number of anilines is 1. The summed E-state index contributed by atoms with van der Waals surface area (Å²) >= 11 is 0. The Morgan fingerprint density at radius 2 is 1.83 bits per heavy atom. The minimum Gasteiger partial charge on any atom is -0.497 e. The summed E-state index contributed by atoms with van der Waals surface area (Å²) in [4.78, 5) is 12.1. The Morgan fingerprint density at radius 1 is 1.04 bits per heavy atom. The Kier molecular flexibility index (Phi) is 5.86. The van der Waals surface area contributed by atoms with Crippen molar-refractivity contribution < 1.29 is 19.0 Å². The first-order chi connectivity index (χ1) is 11.2. The van der Waals surface area contributed by atoms with Crippen molar-refractivity contribution in [3.05, 3.63) is 48.0 Å². The van der Waals surface area contributed by atoms with Crippen molar-refractivity contribution in [1.29, 1.82) is 0 Å². The molecule has 1 N–H and O–H groups in total. The molecule has 2 aromatic rings. The van der Waals surface area contributed by atoms with Crippen LogP contribution in [0.3, 0.4) is 0 Å². The van der Waals surface area contributed by atoms with Gasteiger partial charge in [0.15, 0.2) is 6.61 Å². The summed E-state index contributed by atoms with van der Waals surface area (Å²) in [5.41, 5.74) is 1.61. The molecule has 0 aromatic heterocycles. The number of amides is 1. The van der Waals surface area contributed by atoms with Gasteiger partial charge in [0.05, 0.1) is 19.9 Å². The van der Waals surface area contributed by atoms with Gasteiger partial charge >= 0.3 is 0 Å². The van der Waals surface area contributed by atoms with Crippen molar-refractivity contribution in [2.24, 2.45) is 0 Å². The fourth-order valence-corrected chi connectivity index (χ4v) is 2.18. The topological polar surface area (TPSA) is 56.8 Å². The molecule has 5 nitrogen and oxygen atoms in total. The summed E-state index contributed by atoms with van der Waals surface area (Å²) in [6.45, 7) is 1.97. The molecule has 122 valence electrons. The fraction of sp³-hybridized carbons (Fsp3) is 0.278. The zero-order chi connectivity index (χ0) is 16.7. The third-order valence-corrected chi connectivity index (χ3v) is 3.39. The molecule has 0 aliphatic rings. The predicted molar refractivity (Wildman–Crippen MR) is 89.5 cm³/mol. The van der Waals surface area contributed by atoms with Gasteiger partial charge in [-0.05, 0) is 30.2 Å². The first kappa shape index (κ1) is 16.7. The Hall–Kier alpha value is -2.69. The van der Waals surface area contributed by atoms with Gasteiger partial charge in [0.25, 0.3) is 5.91 Å². The van der Waals surface area contributed by atoms with Crippen LogP contribution in [0.25, 0.3) is 0 Å². The summed E-state index contributed by atoms with van der Waals surface area (Å²) in [6.07, 6.45) is 0.849. The smallest absolute Gasteiger partial charge is 0.262 e. The van der Waals surface area contributed by atoms with E-state index in [1.54, 1.807) is 32.4 Å². The van der Waals surface area contributed by atoms with E-state index in [1.807, 2.05) is 31.2 Å². The van der Waals surface area contributed by atoms with E-state index in [-0.39, 0.29) is 12.5 Å². The lowest BCUT2D eigenvalue weighted by Crippen LogP contribution is -2.20. The van der Waals surface area contributed by atoms with Crippen LogP contribution in [0.1, 0.15) is 12.5 Å². The highest BCUT2D eigenvalue weighted by molar-refractivity contribution is 5.93. The maximum atomic E-state index is 12.1. The molecule has 0 radical (unpaired) electrons. The van der Waals surface area contributed by atoms with Gasteiger partial charge in [-0.1, -0.05) is 25.1 Å². The second kappa shape index (κ2) is 8.08. The molecule has 0 unspecified atom stereocenters. The number of rotatable bonds is 7. The number of carbonyl (C=O) groups excluding carboxylic acids is 1. The van der Waals surface area contributed by atoms with E-state index in [9.17, 15) is 4.79 Å². The zero-order valence-electron chi connectivity index (χ0n) is 13.6. The van der Waals surface area contributed by atoms with Crippen molar-refractivity contribution in [1.82, 2.24) is 0 Å². The molecule has 0 aliphatic carbocycles. The second-order valence-electron chi connectivity index (χ2n) is 4.86. The highest BCUT2D eigenvalue weighted by atomic mass is 16.5. The summed E-state index contributed by atoms with van der Waals surface area (Å²) in [5, 5.41) is 2.77. The van der Waals surface area contributed by atoms with Crippen LogP contribution in [-0.4, -0.2) is 26.7 Å². The Labute approximate surface area is 136 Å². The van der Waals surface area contributed by atoms with Gasteiger partial charge in [-0.2, -0.15) is 0 Å². The van der Waals surface area contributed by atoms with E-state index >= 15 is 0 Å². The lowest BCUT2D eigenvalue weighted by atomic mass is 10.1. The van der Waals surface area contributed by atoms with Gasteiger partial charge in [-0.3, -0.25) is 4.79 Å². The molecule has 0 heterocycles. The van der Waals surface area contributed by atoms with E-state index in [4.69, 9.17) is 14.2 Å². The number of nitrogens with one attached hydrogen (secondary N) is 1. The van der Waals surface area contributed by atoms with Crippen LogP contribution in [-0.2, 0) is 11.2 Å². The minimum absolute atomic E-state index is 0.0720. The van der Waals surface area contributed by atoms with Gasteiger partial charge in [-0.25, -0.2) is 0 Å². The summed E-state index contributed by atoms with van der Waals surface area (Å²) in [6, 6.07) is 12.9. The summed E-state index contributed by atoms with van der Waals surface area (Å²) in [7, 11) is 3.11. The van der Waals surface area contributed by atoms with Crippen LogP contribution in [0.15, 0.2) is 42.5 Å². The highest BCUT2D eigenvalue weighted by Crippen LogP contribution is 2.28. The third-order valence-electron chi connectivity index (χ3n) is 3.39. The Bertz CT molecular complexity index is 670. The van der Waals surface area contributed by atoms with Gasteiger partial charge in [0.1, 0.15) is 17.2 Å². The van der Waals surface area contributed by atoms with Crippen LogP contribution in [0.2, 0.25) is 0 Å². The van der Waals surface area contributed by atoms with Crippen LogP contribution >= 0.6 is 0 Å². The number of methoxy groups -OCH3 is 2. The molecule has 0 bridgehead atoms. The standard InChI is InChI=1S/C18H21NO4/c1-4-13-7-5-6-8-16(13)23-12-18(20)19-15-11-14(21-2)9-10-17(15)22-3/h5-11H,4,12H2,1-3H3,(H,19,20). The third kappa shape index (κ3) is 4.39. The lowest BCUT2D eigenvalue weighted by molar-refractivity contribution is -0.118. The Balaban J connectivity index is 2.02. The van der Waals surface area contributed by atoms with Crippen molar-refractivity contribution in [3.8, 4) is 17.2 Å². The maximum absolute atomic E-state index is 12.1. The zero-order valence-corrected chi connectivity index (χ0v) is 13.6. The van der Waals surface area contributed by atoms with Gasteiger partial charge in [0.2, 0.25) is 0 Å². The molecular weight excluding hydrogens is 294 g/mol. The molecule has 0 saturated carbocycles. The minimum atomic E-state index is -0.262. The van der Waals surface area contributed by atoms with E-state index < -0.39 is 0 Å². The molecule has 2 rings (SSSR count). The van der Waals surface area contributed by atoms with Crippen LogP contribution in [0, 0.1) is 0 Å². The molecule has 0 aliphatic heterocycles. The predicted octanol–water partition coefficient (Wildman–Crippen LogP) is 3.28.